The summed E-state index contributed by atoms with van der Waals surface area (Å²) in [5, 5.41) is 1.17. The smallest absolute Gasteiger partial charge is 0.00313 e. The molecule has 0 saturated heterocycles. The lowest BCUT2D eigenvalue weighted by molar-refractivity contribution is 0.591. The van der Waals surface area contributed by atoms with Gasteiger partial charge < -0.3 is 0 Å². The maximum absolute atomic E-state index is 3.48. The fraction of sp³-hybridized carbons (Fsp3) is 0.895. The van der Waals surface area contributed by atoms with Crippen LogP contribution in [-0.4, -0.2) is 5.33 Å². The van der Waals surface area contributed by atoms with Crippen LogP contribution in [0, 0.1) is 0 Å². The van der Waals surface area contributed by atoms with Crippen molar-refractivity contribution >= 4 is 15.9 Å². The van der Waals surface area contributed by atoms with Crippen LogP contribution in [0.1, 0.15) is 103 Å². The summed E-state index contributed by atoms with van der Waals surface area (Å²) in [6, 6.07) is 0. The molecule has 1 heteroatoms. The number of unbranched alkanes of at least 4 members (excludes halogenated alkanes) is 13. The first-order chi connectivity index (χ1) is 9.91. The zero-order valence-corrected chi connectivity index (χ0v) is 15.4. The van der Waals surface area contributed by atoms with E-state index in [2.05, 4.69) is 35.0 Å². The lowest BCUT2D eigenvalue weighted by Gasteiger charge is -1.99. The SMILES string of the molecule is CCCCCCCCC/C=C\CCCCCCCCBr. The highest BCUT2D eigenvalue weighted by molar-refractivity contribution is 9.09. The molecule has 0 unspecified atom stereocenters. The molecule has 0 nitrogen and oxygen atoms in total. The molecule has 0 aliphatic carbocycles. The average Bonchev–Trinajstić information content (AvgIpc) is 2.47. The van der Waals surface area contributed by atoms with Crippen molar-refractivity contribution in [3.8, 4) is 0 Å². The Morgan fingerprint density at radius 3 is 1.40 bits per heavy atom. The van der Waals surface area contributed by atoms with Gasteiger partial charge in [-0.1, -0.05) is 99.2 Å². The highest BCUT2D eigenvalue weighted by Gasteiger charge is 1.91. The molecule has 0 fully saturated rings. The van der Waals surface area contributed by atoms with Gasteiger partial charge in [0.2, 0.25) is 0 Å². The van der Waals surface area contributed by atoms with E-state index in [4.69, 9.17) is 0 Å². The molecule has 0 aromatic carbocycles. The molecule has 20 heavy (non-hydrogen) atoms. The molecular weight excluding hydrogens is 308 g/mol. The van der Waals surface area contributed by atoms with Gasteiger partial charge in [0.05, 0.1) is 0 Å². The van der Waals surface area contributed by atoms with Gasteiger partial charge >= 0.3 is 0 Å². The average molecular weight is 345 g/mol. The fourth-order valence-electron chi connectivity index (χ4n) is 2.52. The predicted octanol–water partition coefficient (Wildman–Crippen LogP) is 7.81. The molecule has 0 N–H and O–H groups in total. The summed E-state index contributed by atoms with van der Waals surface area (Å²) < 4.78 is 0. The van der Waals surface area contributed by atoms with Crippen LogP contribution < -0.4 is 0 Å². The van der Waals surface area contributed by atoms with Crippen LogP contribution in [0.25, 0.3) is 0 Å². The molecular formula is C19H37Br. The molecule has 0 aliphatic heterocycles. The number of hydrogen-bond donors (Lipinski definition) is 0. The minimum atomic E-state index is 1.17. The third-order valence-electron chi connectivity index (χ3n) is 3.90. The molecule has 120 valence electrons. The zero-order chi connectivity index (χ0) is 14.7. The van der Waals surface area contributed by atoms with E-state index in [1.54, 1.807) is 0 Å². The van der Waals surface area contributed by atoms with Crippen molar-refractivity contribution in [3.63, 3.8) is 0 Å². The minimum Gasteiger partial charge on any atom is -0.0928 e. The predicted molar refractivity (Wildman–Crippen MR) is 97.9 cm³/mol. The molecule has 0 aromatic rings. The first-order valence-corrected chi connectivity index (χ1v) is 10.2. The molecule has 0 saturated carbocycles. The molecule has 0 heterocycles. The van der Waals surface area contributed by atoms with Crippen LogP contribution in [0.2, 0.25) is 0 Å². The zero-order valence-electron chi connectivity index (χ0n) is 13.8. The Morgan fingerprint density at radius 2 is 0.950 bits per heavy atom. The van der Waals surface area contributed by atoms with Crippen molar-refractivity contribution in [2.75, 3.05) is 5.33 Å². The molecule has 0 aromatic heterocycles. The van der Waals surface area contributed by atoms with Crippen LogP contribution in [-0.2, 0) is 0 Å². The van der Waals surface area contributed by atoms with E-state index in [0.29, 0.717) is 0 Å². The van der Waals surface area contributed by atoms with Gasteiger partial charge in [-0.15, -0.1) is 0 Å². The van der Waals surface area contributed by atoms with Gasteiger partial charge in [0.1, 0.15) is 0 Å². The number of allylic oxidation sites excluding steroid dienone is 2. The highest BCUT2D eigenvalue weighted by atomic mass is 79.9. The molecule has 0 amide bonds. The van der Waals surface area contributed by atoms with Crippen LogP contribution in [0.4, 0.5) is 0 Å². The highest BCUT2D eigenvalue weighted by Crippen LogP contribution is 2.10. The number of alkyl halides is 1. The number of hydrogen-bond acceptors (Lipinski definition) is 0. The minimum absolute atomic E-state index is 1.17. The van der Waals surface area contributed by atoms with Gasteiger partial charge in [-0.25, -0.2) is 0 Å². The van der Waals surface area contributed by atoms with Crippen molar-refractivity contribution in [2.45, 2.75) is 103 Å². The number of rotatable bonds is 16. The van der Waals surface area contributed by atoms with Crippen LogP contribution in [0.3, 0.4) is 0 Å². The van der Waals surface area contributed by atoms with E-state index < -0.39 is 0 Å². The monoisotopic (exact) mass is 344 g/mol. The Morgan fingerprint density at radius 1 is 0.550 bits per heavy atom. The fourth-order valence-corrected chi connectivity index (χ4v) is 2.92. The van der Waals surface area contributed by atoms with Crippen molar-refractivity contribution in [1.29, 1.82) is 0 Å². The number of halogens is 1. The summed E-state index contributed by atoms with van der Waals surface area (Å²) in [4.78, 5) is 0. The van der Waals surface area contributed by atoms with E-state index in [9.17, 15) is 0 Å². The quantitative estimate of drug-likeness (QED) is 0.152. The van der Waals surface area contributed by atoms with Crippen molar-refractivity contribution in [2.24, 2.45) is 0 Å². The molecule has 0 rings (SSSR count). The second-order valence-corrected chi connectivity index (χ2v) is 6.77. The van der Waals surface area contributed by atoms with Crippen LogP contribution >= 0.6 is 15.9 Å². The molecule has 0 atom stereocenters. The maximum atomic E-state index is 3.48. The lowest BCUT2D eigenvalue weighted by Crippen LogP contribution is -1.80. The summed E-state index contributed by atoms with van der Waals surface area (Å²) >= 11 is 3.48. The first-order valence-electron chi connectivity index (χ1n) is 9.12. The summed E-state index contributed by atoms with van der Waals surface area (Å²) in [7, 11) is 0. The summed E-state index contributed by atoms with van der Waals surface area (Å²) in [5.41, 5.74) is 0. The normalized spacial score (nSPS) is 11.5. The standard InChI is InChI=1S/C19H37Br/c1-2-3-4-5-6-7-8-9-10-11-12-13-14-15-16-17-18-19-20/h10-11H,2-9,12-19H2,1H3/b11-10-. The Hall–Kier alpha value is 0.220. The van der Waals surface area contributed by atoms with E-state index in [1.165, 1.54) is 102 Å². The Bertz CT molecular complexity index is 166. The van der Waals surface area contributed by atoms with Gasteiger partial charge in [0, 0.05) is 5.33 Å². The van der Waals surface area contributed by atoms with Crippen molar-refractivity contribution < 1.29 is 0 Å². The summed E-state index contributed by atoms with van der Waals surface area (Å²) in [6.07, 6.45) is 25.8. The van der Waals surface area contributed by atoms with Gasteiger partial charge in [-0.2, -0.15) is 0 Å². The molecule has 0 bridgehead atoms. The van der Waals surface area contributed by atoms with Crippen molar-refractivity contribution in [1.82, 2.24) is 0 Å². The van der Waals surface area contributed by atoms with Gasteiger partial charge in [0.15, 0.2) is 0 Å². The van der Waals surface area contributed by atoms with Gasteiger partial charge in [-0.05, 0) is 32.1 Å². The van der Waals surface area contributed by atoms with E-state index >= 15 is 0 Å². The van der Waals surface area contributed by atoms with Crippen LogP contribution in [0.5, 0.6) is 0 Å². The Kier molecular flexibility index (Phi) is 19.4. The van der Waals surface area contributed by atoms with E-state index in [1.807, 2.05) is 0 Å². The first kappa shape index (κ1) is 20.2. The second-order valence-electron chi connectivity index (χ2n) is 5.98. The topological polar surface area (TPSA) is 0 Å². The maximum Gasteiger partial charge on any atom is 0.00313 e. The van der Waals surface area contributed by atoms with Gasteiger partial charge in [0.25, 0.3) is 0 Å². The largest absolute Gasteiger partial charge is 0.0928 e. The summed E-state index contributed by atoms with van der Waals surface area (Å²) in [5.74, 6) is 0. The van der Waals surface area contributed by atoms with E-state index in [0.717, 1.165) is 0 Å². The van der Waals surface area contributed by atoms with Gasteiger partial charge in [-0.3, -0.25) is 0 Å². The summed E-state index contributed by atoms with van der Waals surface area (Å²) in [6.45, 7) is 2.29. The third kappa shape index (κ3) is 18.2. The second kappa shape index (κ2) is 19.2. The lowest BCUT2D eigenvalue weighted by atomic mass is 10.1. The van der Waals surface area contributed by atoms with Crippen LogP contribution in [0.15, 0.2) is 12.2 Å². The molecule has 0 spiro atoms. The molecule has 0 aliphatic rings. The third-order valence-corrected chi connectivity index (χ3v) is 4.46. The van der Waals surface area contributed by atoms with Crippen molar-refractivity contribution in [3.05, 3.63) is 12.2 Å². The molecule has 0 radical (unpaired) electrons. The Labute approximate surface area is 136 Å². The Balaban J connectivity index is 3.01. The van der Waals surface area contributed by atoms with E-state index in [-0.39, 0.29) is 0 Å².